The minimum Gasteiger partial charge on any atom is -0.368 e. The van der Waals surface area contributed by atoms with Gasteiger partial charge in [0.1, 0.15) is 11.9 Å². The van der Waals surface area contributed by atoms with E-state index in [0.29, 0.717) is 42.6 Å². The van der Waals surface area contributed by atoms with Gasteiger partial charge in [0.25, 0.3) is 15.9 Å². The van der Waals surface area contributed by atoms with Gasteiger partial charge < -0.3 is 9.64 Å². The van der Waals surface area contributed by atoms with Crippen molar-refractivity contribution in [2.24, 2.45) is 5.41 Å². The number of alkyl halides is 2. The van der Waals surface area contributed by atoms with Crippen LogP contribution in [0.1, 0.15) is 30.4 Å². The zero-order valence-electron chi connectivity index (χ0n) is 19.2. The number of likely N-dealkylation sites (tertiary alicyclic amines) is 1. The Morgan fingerprint density at radius 2 is 1.94 bits per heavy atom. The van der Waals surface area contributed by atoms with E-state index < -0.39 is 45.2 Å². The lowest BCUT2D eigenvalue weighted by atomic mass is 9.91. The normalized spacial score (nSPS) is 25.2. The highest BCUT2D eigenvalue weighted by molar-refractivity contribution is 7.89. The van der Waals surface area contributed by atoms with E-state index >= 15 is 4.39 Å². The van der Waals surface area contributed by atoms with Crippen molar-refractivity contribution in [1.29, 1.82) is 0 Å². The third-order valence-electron chi connectivity index (χ3n) is 7.44. The molecule has 1 aliphatic carbocycles. The number of aryl methyl sites for hydroxylation is 1. The Morgan fingerprint density at radius 1 is 1.23 bits per heavy atom. The van der Waals surface area contributed by atoms with Crippen LogP contribution in [-0.2, 0) is 26.0 Å². The number of carbonyl (C=O) groups excluding carboxylic acids is 1. The van der Waals surface area contributed by atoms with Gasteiger partial charge in [-0.15, -0.1) is 0 Å². The van der Waals surface area contributed by atoms with Gasteiger partial charge in [-0.1, -0.05) is 48.0 Å². The molecule has 35 heavy (non-hydrogen) atoms. The molecule has 1 amide bonds. The number of hydrogen-bond donors (Lipinski definition) is 1. The van der Waals surface area contributed by atoms with Crippen molar-refractivity contribution in [3.05, 3.63) is 59.4 Å². The molecule has 1 N–H and O–H groups in total. The fraction of sp³-hybridized carbons (Fsp3) is 0.480. The third-order valence-corrected chi connectivity index (χ3v) is 8.49. The van der Waals surface area contributed by atoms with Crippen LogP contribution in [0.5, 0.6) is 0 Å². The monoisotopic (exact) mass is 508 g/mol. The van der Waals surface area contributed by atoms with Gasteiger partial charge in [-0.05, 0) is 37.3 Å². The molecule has 188 valence electrons. The average molecular weight is 509 g/mol. The summed E-state index contributed by atoms with van der Waals surface area (Å²) in [6, 6.07) is 10.6. The van der Waals surface area contributed by atoms with Crippen molar-refractivity contribution >= 4 is 15.9 Å². The summed E-state index contributed by atoms with van der Waals surface area (Å²) in [6.07, 6.45) is 1.09. The van der Waals surface area contributed by atoms with Gasteiger partial charge >= 0.3 is 5.76 Å². The number of hydrogen-bond acceptors (Lipinski definition) is 4. The maximum absolute atomic E-state index is 15.7. The van der Waals surface area contributed by atoms with Gasteiger partial charge in [0.15, 0.2) is 0 Å². The summed E-state index contributed by atoms with van der Waals surface area (Å²) in [4.78, 5) is 14.7. The maximum atomic E-state index is 15.7. The first kappa shape index (κ1) is 24.3. The molecule has 1 saturated carbocycles. The molecule has 5 rings (SSSR count). The zero-order chi connectivity index (χ0) is 25.0. The fourth-order valence-corrected chi connectivity index (χ4v) is 6.15. The Labute approximate surface area is 202 Å². The van der Waals surface area contributed by atoms with Crippen LogP contribution in [0, 0.1) is 18.2 Å². The molecule has 0 aromatic heterocycles. The SMILES string of the molecule is Cc1cccc(-c2cccc(C[C@H]3[C@@H](NS(=O)(=O)C(F)F)C4(CC4)CN3C(=O)[C@H]3CCO3)c2F)c1. The van der Waals surface area contributed by atoms with Gasteiger partial charge in [-0.2, -0.15) is 8.78 Å². The first-order chi connectivity index (χ1) is 16.6. The molecule has 2 heterocycles. The standard InChI is InChI=1S/C25H27F3N2O4S/c1-15-4-2-5-16(12-15)18-7-3-6-17(21(18)26)13-19-22(29-35(32,33)24(27)28)25(9-10-25)14-30(19)23(31)20-8-11-34-20/h2-7,12,19-20,22,24,29H,8-11,13-14H2,1H3/t19-,20+,22+/m0/s1. The summed E-state index contributed by atoms with van der Waals surface area (Å²) in [5.41, 5.74) is 1.71. The smallest absolute Gasteiger partial charge is 0.350 e. The highest BCUT2D eigenvalue weighted by atomic mass is 32.2. The van der Waals surface area contributed by atoms with Crippen LogP contribution >= 0.6 is 0 Å². The summed E-state index contributed by atoms with van der Waals surface area (Å²) in [7, 11) is -4.91. The van der Waals surface area contributed by atoms with E-state index in [0.717, 1.165) is 5.56 Å². The van der Waals surface area contributed by atoms with Crippen molar-refractivity contribution in [3.63, 3.8) is 0 Å². The second-order valence-corrected chi connectivity index (χ2v) is 11.5. The lowest BCUT2D eigenvalue weighted by molar-refractivity contribution is -0.157. The zero-order valence-corrected chi connectivity index (χ0v) is 20.0. The molecule has 2 aromatic carbocycles. The molecule has 10 heteroatoms. The highest BCUT2D eigenvalue weighted by Gasteiger charge is 2.62. The third kappa shape index (κ3) is 4.47. The summed E-state index contributed by atoms with van der Waals surface area (Å²) >= 11 is 0. The molecule has 0 bridgehead atoms. The lowest BCUT2D eigenvalue weighted by Crippen LogP contribution is -2.53. The predicted molar refractivity (Wildman–Crippen MR) is 124 cm³/mol. The Balaban J connectivity index is 1.51. The average Bonchev–Trinajstić information content (AvgIpc) is 3.49. The Hall–Kier alpha value is -2.43. The molecule has 3 aliphatic rings. The fourth-order valence-electron chi connectivity index (χ4n) is 5.29. The minimum absolute atomic E-state index is 0.0118. The first-order valence-corrected chi connectivity index (χ1v) is 13.2. The van der Waals surface area contributed by atoms with E-state index in [1.165, 1.54) is 4.90 Å². The lowest BCUT2D eigenvalue weighted by Gasteiger charge is -2.34. The quantitative estimate of drug-likeness (QED) is 0.620. The van der Waals surface area contributed by atoms with Crippen molar-refractivity contribution in [2.75, 3.05) is 13.2 Å². The van der Waals surface area contributed by atoms with Crippen molar-refractivity contribution < 1.29 is 31.1 Å². The van der Waals surface area contributed by atoms with Crippen LogP contribution in [0.4, 0.5) is 13.2 Å². The number of halogens is 3. The van der Waals surface area contributed by atoms with Gasteiger partial charge in [-0.3, -0.25) is 4.79 Å². The van der Waals surface area contributed by atoms with Crippen molar-refractivity contribution in [1.82, 2.24) is 9.62 Å². The number of sulfonamides is 1. The molecule has 1 spiro atoms. The molecular formula is C25H27F3N2O4S. The van der Waals surface area contributed by atoms with Crippen LogP contribution in [0.2, 0.25) is 0 Å². The summed E-state index contributed by atoms with van der Waals surface area (Å²) in [6.45, 7) is 2.59. The number of carbonyl (C=O) groups is 1. The second kappa shape index (κ2) is 8.90. The van der Waals surface area contributed by atoms with Gasteiger partial charge in [0, 0.05) is 30.0 Å². The highest BCUT2D eigenvalue weighted by Crippen LogP contribution is 2.56. The summed E-state index contributed by atoms with van der Waals surface area (Å²) in [5.74, 6) is -4.38. The van der Waals surface area contributed by atoms with Crippen LogP contribution in [-0.4, -0.2) is 56.3 Å². The maximum Gasteiger partial charge on any atom is 0.350 e. The molecule has 0 unspecified atom stereocenters. The van der Waals surface area contributed by atoms with E-state index in [1.54, 1.807) is 24.3 Å². The number of nitrogens with one attached hydrogen (secondary N) is 1. The number of ether oxygens (including phenoxy) is 1. The predicted octanol–water partition coefficient (Wildman–Crippen LogP) is 3.63. The van der Waals surface area contributed by atoms with E-state index in [4.69, 9.17) is 4.74 Å². The Bertz CT molecular complexity index is 1250. The van der Waals surface area contributed by atoms with E-state index in [1.807, 2.05) is 25.1 Å². The van der Waals surface area contributed by atoms with E-state index in [-0.39, 0.29) is 18.9 Å². The summed E-state index contributed by atoms with van der Waals surface area (Å²) in [5, 5.41) is 0. The van der Waals surface area contributed by atoms with Gasteiger partial charge in [0.05, 0.1) is 12.6 Å². The molecule has 2 aliphatic heterocycles. The topological polar surface area (TPSA) is 75.7 Å². The molecule has 2 aromatic rings. The van der Waals surface area contributed by atoms with Crippen molar-refractivity contribution in [2.45, 2.75) is 56.6 Å². The molecule has 2 saturated heterocycles. The number of nitrogens with zero attached hydrogens (tertiary/aromatic N) is 1. The number of amides is 1. The number of rotatable bonds is 7. The molecular weight excluding hydrogens is 481 g/mol. The minimum atomic E-state index is -4.91. The van der Waals surface area contributed by atoms with E-state index in [9.17, 15) is 22.0 Å². The largest absolute Gasteiger partial charge is 0.368 e. The molecule has 3 fully saturated rings. The van der Waals surface area contributed by atoms with Gasteiger partial charge in [-0.25, -0.2) is 17.5 Å². The molecule has 6 nitrogen and oxygen atoms in total. The van der Waals surface area contributed by atoms with Crippen LogP contribution in [0.3, 0.4) is 0 Å². The summed E-state index contributed by atoms with van der Waals surface area (Å²) < 4.78 is 74.1. The van der Waals surface area contributed by atoms with Crippen molar-refractivity contribution in [3.8, 4) is 11.1 Å². The Kier molecular flexibility index (Phi) is 6.17. The molecule has 3 atom stereocenters. The van der Waals surface area contributed by atoms with Crippen LogP contribution in [0.25, 0.3) is 11.1 Å². The van der Waals surface area contributed by atoms with Crippen LogP contribution < -0.4 is 4.72 Å². The molecule has 0 radical (unpaired) electrons. The first-order valence-electron chi connectivity index (χ1n) is 11.7. The number of benzene rings is 2. The second-order valence-electron chi connectivity index (χ2n) is 9.80. The van der Waals surface area contributed by atoms with Gasteiger partial charge in [0.2, 0.25) is 0 Å². The Morgan fingerprint density at radius 3 is 2.54 bits per heavy atom. The van der Waals surface area contributed by atoms with Crippen LogP contribution in [0.15, 0.2) is 42.5 Å². The van der Waals surface area contributed by atoms with E-state index in [2.05, 4.69) is 4.72 Å².